The predicted molar refractivity (Wildman–Crippen MR) is 159 cm³/mol. The van der Waals surface area contributed by atoms with Gasteiger partial charge in [-0.3, -0.25) is 4.79 Å². The summed E-state index contributed by atoms with van der Waals surface area (Å²) < 4.78 is 18.8. The van der Waals surface area contributed by atoms with Gasteiger partial charge in [0.05, 0.1) is 10.6 Å². The molecule has 1 saturated heterocycles. The van der Waals surface area contributed by atoms with Crippen molar-refractivity contribution in [1.29, 1.82) is 0 Å². The first-order chi connectivity index (χ1) is 19.4. The van der Waals surface area contributed by atoms with Crippen LogP contribution in [0, 0.1) is 11.7 Å². The van der Waals surface area contributed by atoms with Gasteiger partial charge in [0, 0.05) is 49.9 Å². The highest BCUT2D eigenvalue weighted by Gasteiger charge is 2.24. The molecule has 40 heavy (non-hydrogen) atoms. The molecule has 1 aliphatic rings. The number of rotatable bonds is 11. The molecule has 0 spiro atoms. The number of amides is 3. The molecule has 9 heteroatoms. The standard InChI is InChI=1S/C31H36ClFN4O3/c1-2-40-18-6-15-34-30(38)26-20-24(35-31(39)36-25-9-11-28(33)27(32)21-25)10-12-29(26)37-16-13-23(14-17-37)19-22-7-4-3-5-8-22/h3-5,7-12,20-21,23H,2,6,13-19H2,1H3,(H,34,38)(H2,35,36,39). The fourth-order valence-corrected chi connectivity index (χ4v) is 5.06. The van der Waals surface area contributed by atoms with Crippen LogP contribution in [0.25, 0.3) is 0 Å². The molecule has 0 atom stereocenters. The third kappa shape index (κ3) is 8.44. The second kappa shape index (κ2) is 14.7. The molecule has 3 amide bonds. The number of benzene rings is 3. The minimum absolute atomic E-state index is 0.0852. The van der Waals surface area contributed by atoms with E-state index in [2.05, 4.69) is 45.1 Å². The van der Waals surface area contributed by atoms with Gasteiger partial charge in [-0.05, 0) is 80.5 Å². The number of urea groups is 1. The molecule has 1 aliphatic heterocycles. The van der Waals surface area contributed by atoms with Crippen molar-refractivity contribution >= 4 is 40.6 Å². The molecular formula is C31H36ClFN4O3. The maximum Gasteiger partial charge on any atom is 0.323 e. The molecule has 7 nitrogen and oxygen atoms in total. The summed E-state index contributed by atoms with van der Waals surface area (Å²) in [6.45, 7) is 5.33. The molecule has 0 aliphatic carbocycles. The third-order valence-electron chi connectivity index (χ3n) is 6.95. The van der Waals surface area contributed by atoms with Crippen molar-refractivity contribution < 1.29 is 18.7 Å². The van der Waals surface area contributed by atoms with Crippen LogP contribution < -0.4 is 20.9 Å². The molecule has 1 fully saturated rings. The molecule has 4 rings (SSSR count). The van der Waals surface area contributed by atoms with Crippen LogP contribution in [0.1, 0.15) is 42.1 Å². The lowest BCUT2D eigenvalue weighted by molar-refractivity contribution is 0.0944. The van der Waals surface area contributed by atoms with Gasteiger partial charge in [-0.15, -0.1) is 0 Å². The van der Waals surface area contributed by atoms with Gasteiger partial charge in [0.15, 0.2) is 0 Å². The van der Waals surface area contributed by atoms with E-state index in [1.165, 1.54) is 23.8 Å². The van der Waals surface area contributed by atoms with Crippen molar-refractivity contribution in [2.45, 2.75) is 32.6 Å². The van der Waals surface area contributed by atoms with Gasteiger partial charge < -0.3 is 25.6 Å². The molecule has 0 bridgehead atoms. The molecule has 0 aromatic heterocycles. The van der Waals surface area contributed by atoms with E-state index in [4.69, 9.17) is 16.3 Å². The topological polar surface area (TPSA) is 82.7 Å². The first kappa shape index (κ1) is 29.4. The number of ether oxygens (including phenoxy) is 1. The summed E-state index contributed by atoms with van der Waals surface area (Å²) in [6, 6.07) is 19.3. The average molecular weight is 567 g/mol. The summed E-state index contributed by atoms with van der Waals surface area (Å²) in [4.78, 5) is 28.2. The number of halogens is 2. The molecule has 1 heterocycles. The molecule has 3 aromatic rings. The maximum absolute atomic E-state index is 13.5. The van der Waals surface area contributed by atoms with Gasteiger partial charge in [0.2, 0.25) is 0 Å². The SMILES string of the molecule is CCOCCCNC(=O)c1cc(NC(=O)Nc2ccc(F)c(Cl)c2)ccc1N1CCC(Cc2ccccc2)CC1. The maximum atomic E-state index is 13.5. The molecule has 0 radical (unpaired) electrons. The first-order valence-electron chi connectivity index (χ1n) is 13.7. The Labute approximate surface area is 240 Å². The average Bonchev–Trinajstić information content (AvgIpc) is 2.96. The summed E-state index contributed by atoms with van der Waals surface area (Å²) in [5.74, 6) is -0.171. The van der Waals surface area contributed by atoms with Gasteiger partial charge in [-0.2, -0.15) is 0 Å². The zero-order valence-electron chi connectivity index (χ0n) is 22.7. The van der Waals surface area contributed by atoms with Crippen molar-refractivity contribution in [3.8, 4) is 0 Å². The summed E-state index contributed by atoms with van der Waals surface area (Å²) in [6.07, 6.45) is 3.83. The van der Waals surface area contributed by atoms with Crippen LogP contribution in [-0.2, 0) is 11.2 Å². The minimum atomic E-state index is -0.566. The quantitative estimate of drug-likeness (QED) is 0.224. The number of piperidine rings is 1. The van der Waals surface area contributed by atoms with Crippen LogP contribution in [0.15, 0.2) is 66.7 Å². The third-order valence-corrected chi connectivity index (χ3v) is 7.24. The first-order valence-corrected chi connectivity index (χ1v) is 14.1. The van der Waals surface area contributed by atoms with Gasteiger partial charge >= 0.3 is 6.03 Å². The number of nitrogens with one attached hydrogen (secondary N) is 3. The lowest BCUT2D eigenvalue weighted by atomic mass is 9.89. The number of hydrogen-bond acceptors (Lipinski definition) is 4. The number of carbonyl (C=O) groups is 2. The summed E-state index contributed by atoms with van der Waals surface area (Å²) in [5.41, 5.74) is 3.51. The fourth-order valence-electron chi connectivity index (χ4n) is 4.88. The number of hydrogen-bond donors (Lipinski definition) is 3. The van der Waals surface area contributed by atoms with E-state index in [0.29, 0.717) is 49.0 Å². The van der Waals surface area contributed by atoms with Crippen molar-refractivity contribution in [2.75, 3.05) is 48.4 Å². The van der Waals surface area contributed by atoms with Gasteiger partial charge in [-0.1, -0.05) is 41.9 Å². The van der Waals surface area contributed by atoms with E-state index in [1.54, 1.807) is 12.1 Å². The Bertz CT molecular complexity index is 1280. The van der Waals surface area contributed by atoms with E-state index >= 15 is 0 Å². The van der Waals surface area contributed by atoms with Crippen molar-refractivity contribution in [3.63, 3.8) is 0 Å². The van der Waals surface area contributed by atoms with E-state index in [9.17, 15) is 14.0 Å². The Morgan fingerprint density at radius 3 is 2.40 bits per heavy atom. The molecule has 3 aromatic carbocycles. The van der Waals surface area contributed by atoms with Crippen LogP contribution in [0.5, 0.6) is 0 Å². The Morgan fingerprint density at radius 1 is 1.00 bits per heavy atom. The van der Waals surface area contributed by atoms with Crippen LogP contribution in [0.3, 0.4) is 0 Å². The highest BCUT2D eigenvalue weighted by molar-refractivity contribution is 6.31. The van der Waals surface area contributed by atoms with E-state index in [0.717, 1.165) is 38.0 Å². The molecule has 0 saturated carbocycles. The zero-order chi connectivity index (χ0) is 28.3. The Kier molecular flexibility index (Phi) is 10.8. The van der Waals surface area contributed by atoms with E-state index in [1.807, 2.05) is 19.1 Å². The summed E-state index contributed by atoms with van der Waals surface area (Å²) in [5, 5.41) is 8.30. The molecule has 0 unspecified atom stereocenters. The monoisotopic (exact) mass is 566 g/mol. The number of anilines is 3. The second-order valence-corrected chi connectivity index (χ2v) is 10.3. The number of nitrogens with zero attached hydrogens (tertiary/aromatic N) is 1. The molecule has 3 N–H and O–H groups in total. The summed E-state index contributed by atoms with van der Waals surface area (Å²) in [7, 11) is 0. The van der Waals surface area contributed by atoms with Crippen molar-refractivity contribution in [3.05, 3.63) is 88.7 Å². The van der Waals surface area contributed by atoms with E-state index in [-0.39, 0.29) is 10.9 Å². The Morgan fingerprint density at radius 2 is 1.70 bits per heavy atom. The fraction of sp³-hybridized carbons (Fsp3) is 0.355. The van der Waals surface area contributed by atoms with Crippen molar-refractivity contribution in [1.82, 2.24) is 5.32 Å². The lowest BCUT2D eigenvalue weighted by Gasteiger charge is -2.35. The van der Waals surface area contributed by atoms with Crippen LogP contribution in [-0.4, -0.2) is 44.8 Å². The largest absolute Gasteiger partial charge is 0.382 e. The van der Waals surface area contributed by atoms with E-state index < -0.39 is 11.8 Å². The zero-order valence-corrected chi connectivity index (χ0v) is 23.5. The second-order valence-electron chi connectivity index (χ2n) is 9.87. The Hall–Kier alpha value is -3.62. The van der Waals surface area contributed by atoms with Gasteiger partial charge in [0.25, 0.3) is 5.91 Å². The van der Waals surface area contributed by atoms with Crippen LogP contribution in [0.4, 0.5) is 26.2 Å². The molecular weight excluding hydrogens is 531 g/mol. The van der Waals surface area contributed by atoms with Crippen LogP contribution >= 0.6 is 11.6 Å². The normalized spacial score (nSPS) is 13.6. The van der Waals surface area contributed by atoms with Crippen LogP contribution in [0.2, 0.25) is 5.02 Å². The smallest absolute Gasteiger partial charge is 0.323 e. The molecule has 212 valence electrons. The highest BCUT2D eigenvalue weighted by atomic mass is 35.5. The van der Waals surface area contributed by atoms with Gasteiger partial charge in [0.1, 0.15) is 5.82 Å². The van der Waals surface area contributed by atoms with Crippen molar-refractivity contribution in [2.24, 2.45) is 5.92 Å². The Balaban J connectivity index is 1.44. The lowest BCUT2D eigenvalue weighted by Crippen LogP contribution is -2.36. The predicted octanol–water partition coefficient (Wildman–Crippen LogP) is 6.74. The van der Waals surface area contributed by atoms with Gasteiger partial charge in [-0.25, -0.2) is 9.18 Å². The number of carbonyl (C=O) groups excluding carboxylic acids is 2. The minimum Gasteiger partial charge on any atom is -0.382 e. The summed E-state index contributed by atoms with van der Waals surface area (Å²) >= 11 is 5.82. The highest BCUT2D eigenvalue weighted by Crippen LogP contribution is 2.30.